The van der Waals surface area contributed by atoms with Gasteiger partial charge in [-0.3, -0.25) is 20.2 Å². The van der Waals surface area contributed by atoms with E-state index in [1.165, 1.54) is 0 Å². The Morgan fingerprint density at radius 1 is 1.00 bits per heavy atom. The molecule has 1 fully saturated rings. The van der Waals surface area contributed by atoms with Gasteiger partial charge in [-0.1, -0.05) is 57.5 Å². The second-order valence-corrected chi connectivity index (χ2v) is 8.81. The fourth-order valence-corrected chi connectivity index (χ4v) is 4.50. The van der Waals surface area contributed by atoms with Crippen molar-refractivity contribution in [1.29, 1.82) is 0 Å². The third kappa shape index (κ3) is 4.90. The highest BCUT2D eigenvalue weighted by atomic mass is 16.6. The summed E-state index contributed by atoms with van der Waals surface area (Å²) in [5.41, 5.74) is -0.336. The number of rotatable bonds is 6. The van der Waals surface area contributed by atoms with E-state index in [-0.39, 0.29) is 16.9 Å². The Bertz CT molecular complexity index is 957. The minimum absolute atomic E-state index is 0.0451. The predicted molar refractivity (Wildman–Crippen MR) is 115 cm³/mol. The fraction of sp³-hybridized carbons (Fsp3) is 0.435. The molecule has 0 radical (unpaired) electrons. The van der Waals surface area contributed by atoms with Crippen molar-refractivity contribution in [3.63, 3.8) is 0 Å². The van der Waals surface area contributed by atoms with E-state index in [9.17, 15) is 25.0 Å². The lowest BCUT2D eigenvalue weighted by Gasteiger charge is -2.44. The average Bonchev–Trinajstić information content (AvgIpc) is 2.73. The molecule has 0 heterocycles. The normalized spacial score (nSPS) is 21.3. The molecule has 3 atom stereocenters. The fourth-order valence-electron chi connectivity index (χ4n) is 4.50. The molecule has 3 rings (SSSR count). The number of ether oxygens (including phenoxy) is 1. The maximum absolute atomic E-state index is 12.9. The lowest BCUT2D eigenvalue weighted by molar-refractivity contribution is -0.394. The highest BCUT2D eigenvalue weighted by molar-refractivity contribution is 5.91. The molecule has 0 N–H and O–H groups in total. The molecule has 164 valence electrons. The van der Waals surface area contributed by atoms with Crippen LogP contribution in [0, 0.1) is 32.1 Å². The number of carbonyl (C=O) groups is 1. The van der Waals surface area contributed by atoms with Crippen LogP contribution in [-0.4, -0.2) is 21.9 Å². The van der Waals surface area contributed by atoms with Gasteiger partial charge >= 0.3 is 5.97 Å². The first kappa shape index (κ1) is 22.4. The molecule has 0 aromatic heterocycles. The summed E-state index contributed by atoms with van der Waals surface area (Å²) in [5, 5.41) is 22.3. The van der Waals surface area contributed by atoms with Crippen molar-refractivity contribution in [2.45, 2.75) is 51.6 Å². The van der Waals surface area contributed by atoms with Crippen molar-refractivity contribution in [3.05, 3.63) is 79.9 Å². The van der Waals surface area contributed by atoms with Crippen LogP contribution in [0.3, 0.4) is 0 Å². The molecule has 8 nitrogen and oxygen atoms in total. The largest absolute Gasteiger partial charge is 0.458 e. The summed E-state index contributed by atoms with van der Waals surface area (Å²) in [4.78, 5) is 33.7. The van der Waals surface area contributed by atoms with Crippen LogP contribution in [0.4, 0.5) is 11.4 Å². The van der Waals surface area contributed by atoms with Crippen molar-refractivity contribution in [3.8, 4) is 0 Å². The van der Waals surface area contributed by atoms with Gasteiger partial charge in [-0.15, -0.1) is 0 Å². The van der Waals surface area contributed by atoms with E-state index >= 15 is 0 Å². The third-order valence-corrected chi connectivity index (χ3v) is 6.32. The van der Waals surface area contributed by atoms with Gasteiger partial charge in [-0.25, -0.2) is 4.79 Å². The smallest absolute Gasteiger partial charge is 0.338 e. The molecule has 1 aliphatic carbocycles. The summed E-state index contributed by atoms with van der Waals surface area (Å²) >= 11 is 0. The average molecular weight is 426 g/mol. The number of esters is 1. The number of nitro groups is 2. The van der Waals surface area contributed by atoms with Gasteiger partial charge in [-0.2, -0.15) is 0 Å². The highest BCUT2D eigenvalue weighted by Gasteiger charge is 2.42. The zero-order valence-corrected chi connectivity index (χ0v) is 17.8. The predicted octanol–water partition coefficient (Wildman–Crippen LogP) is 5.44. The van der Waals surface area contributed by atoms with E-state index in [0.717, 1.165) is 36.6 Å². The van der Waals surface area contributed by atoms with Gasteiger partial charge in [0, 0.05) is 18.1 Å². The van der Waals surface area contributed by atoms with Crippen molar-refractivity contribution in [1.82, 2.24) is 0 Å². The van der Waals surface area contributed by atoms with Gasteiger partial charge in [-0.05, 0) is 29.7 Å². The van der Waals surface area contributed by atoms with Crippen molar-refractivity contribution in [2.75, 3.05) is 0 Å². The van der Waals surface area contributed by atoms with E-state index in [1.54, 1.807) is 0 Å². The molecule has 8 heteroatoms. The van der Waals surface area contributed by atoms with Gasteiger partial charge in [0.05, 0.1) is 21.5 Å². The molecule has 1 saturated carbocycles. The number of non-ortho nitro benzene ring substituents is 2. The quantitative estimate of drug-likeness (QED) is 0.345. The number of hydrogen-bond donors (Lipinski definition) is 0. The minimum Gasteiger partial charge on any atom is -0.458 e. The third-order valence-electron chi connectivity index (χ3n) is 6.32. The Morgan fingerprint density at radius 2 is 1.58 bits per heavy atom. The molecule has 0 saturated heterocycles. The molecule has 2 aromatic carbocycles. The lowest BCUT2D eigenvalue weighted by Crippen LogP contribution is -2.43. The summed E-state index contributed by atoms with van der Waals surface area (Å²) in [6, 6.07) is 12.9. The van der Waals surface area contributed by atoms with Crippen molar-refractivity contribution in [2.24, 2.45) is 11.8 Å². The number of nitro benzene ring substituents is 2. The van der Waals surface area contributed by atoms with Gasteiger partial charge in [0.25, 0.3) is 11.4 Å². The maximum atomic E-state index is 12.9. The molecule has 0 aliphatic heterocycles. The zero-order valence-electron chi connectivity index (χ0n) is 17.8. The van der Waals surface area contributed by atoms with E-state index in [4.69, 9.17) is 4.74 Å². The second kappa shape index (κ2) is 8.83. The Labute approximate surface area is 180 Å². The molecule has 2 aromatic rings. The van der Waals surface area contributed by atoms with Gasteiger partial charge in [0.15, 0.2) is 0 Å². The number of benzene rings is 2. The number of hydrogen-bond acceptors (Lipinski definition) is 6. The van der Waals surface area contributed by atoms with Crippen LogP contribution >= 0.6 is 0 Å². The Hall–Kier alpha value is -3.29. The van der Waals surface area contributed by atoms with Gasteiger partial charge in [0.1, 0.15) is 6.10 Å². The molecule has 31 heavy (non-hydrogen) atoms. The highest BCUT2D eigenvalue weighted by Crippen LogP contribution is 2.44. The molecule has 0 amide bonds. The first-order valence-corrected chi connectivity index (χ1v) is 10.3. The van der Waals surface area contributed by atoms with Crippen LogP contribution < -0.4 is 0 Å². The van der Waals surface area contributed by atoms with Crippen molar-refractivity contribution < 1.29 is 19.4 Å². The van der Waals surface area contributed by atoms with E-state index < -0.39 is 33.3 Å². The summed E-state index contributed by atoms with van der Waals surface area (Å²) in [5.74, 6) is -0.372. The summed E-state index contributed by atoms with van der Waals surface area (Å²) in [6.07, 6.45) is 2.15. The lowest BCUT2D eigenvalue weighted by atomic mass is 9.64. The molecule has 0 spiro atoms. The van der Waals surface area contributed by atoms with E-state index in [2.05, 4.69) is 32.9 Å². The van der Waals surface area contributed by atoms with Crippen LogP contribution in [-0.2, 0) is 10.2 Å². The molecular weight excluding hydrogens is 400 g/mol. The van der Waals surface area contributed by atoms with Crippen LogP contribution in [0.5, 0.6) is 0 Å². The monoisotopic (exact) mass is 426 g/mol. The van der Waals surface area contributed by atoms with Crippen LogP contribution in [0.15, 0.2) is 48.5 Å². The van der Waals surface area contributed by atoms with Crippen LogP contribution in [0.2, 0.25) is 0 Å². The van der Waals surface area contributed by atoms with Crippen LogP contribution in [0.25, 0.3) is 0 Å². The van der Waals surface area contributed by atoms with Crippen molar-refractivity contribution >= 4 is 17.3 Å². The zero-order chi connectivity index (χ0) is 22.8. The van der Waals surface area contributed by atoms with E-state index in [1.807, 2.05) is 18.2 Å². The molecule has 0 bridgehead atoms. The maximum Gasteiger partial charge on any atom is 0.338 e. The molecular formula is C23H26N2O6. The standard InChI is InChI=1S/C23H26N2O6/c1-15-9-10-20(23(2,3)17-7-5-4-6-8-17)21(11-15)31-22(26)16-12-18(24(27)28)14-19(13-16)25(29)30/h4-8,12-15,20-21H,9-11H2,1-3H3/t15-,20+,21+/m1/s1. The minimum atomic E-state index is -0.778. The topological polar surface area (TPSA) is 113 Å². The SMILES string of the molecule is C[C@@H]1CC[C@H](C(C)(C)c2ccccc2)[C@@H](OC(=O)c2cc([N+](=O)[O-])cc([N+](=O)[O-])c2)C1. The summed E-state index contributed by atoms with van der Waals surface area (Å²) < 4.78 is 5.85. The molecule has 0 unspecified atom stereocenters. The Kier molecular flexibility index (Phi) is 6.38. The number of carbonyl (C=O) groups excluding carboxylic acids is 1. The summed E-state index contributed by atoms with van der Waals surface area (Å²) in [6.45, 7) is 6.36. The second-order valence-electron chi connectivity index (χ2n) is 8.81. The Morgan fingerprint density at radius 3 is 2.13 bits per heavy atom. The summed E-state index contributed by atoms with van der Waals surface area (Å²) in [7, 11) is 0. The molecule has 1 aliphatic rings. The number of nitrogens with zero attached hydrogens (tertiary/aromatic N) is 2. The Balaban J connectivity index is 1.90. The first-order valence-electron chi connectivity index (χ1n) is 10.3. The van der Waals surface area contributed by atoms with E-state index in [0.29, 0.717) is 12.3 Å². The van der Waals surface area contributed by atoms with Crippen LogP contribution in [0.1, 0.15) is 56.0 Å². The first-order chi connectivity index (χ1) is 14.6. The van der Waals surface area contributed by atoms with Gasteiger partial charge in [0.2, 0.25) is 0 Å². The van der Waals surface area contributed by atoms with Gasteiger partial charge < -0.3 is 4.74 Å².